The Morgan fingerprint density at radius 1 is 1.28 bits per heavy atom. The van der Waals surface area contributed by atoms with Gasteiger partial charge >= 0.3 is 6.09 Å². The van der Waals surface area contributed by atoms with Gasteiger partial charge in [0.2, 0.25) is 0 Å². The summed E-state index contributed by atoms with van der Waals surface area (Å²) < 4.78 is 17.6. The fourth-order valence-electron chi connectivity index (χ4n) is 3.18. The highest BCUT2D eigenvalue weighted by molar-refractivity contribution is 5.69. The molecule has 1 saturated heterocycles. The summed E-state index contributed by atoms with van der Waals surface area (Å²) in [5.41, 5.74) is 0.184. The fraction of sp³-hybridized carbons (Fsp3) is 0.550. The van der Waals surface area contributed by atoms with E-state index in [2.05, 4.69) is 12.2 Å². The lowest BCUT2D eigenvalue weighted by atomic mass is 9.88. The lowest BCUT2D eigenvalue weighted by Gasteiger charge is -2.42. The zero-order valence-electron chi connectivity index (χ0n) is 15.5. The number of para-hydroxylation sites is 1. The van der Waals surface area contributed by atoms with Gasteiger partial charge in [0.25, 0.3) is 0 Å². The van der Waals surface area contributed by atoms with E-state index in [-0.39, 0.29) is 11.7 Å². The van der Waals surface area contributed by atoms with Crippen LogP contribution in [0.25, 0.3) is 6.08 Å². The maximum Gasteiger partial charge on any atom is 0.410 e. The largest absolute Gasteiger partial charge is 0.490 e. The highest BCUT2D eigenvalue weighted by Gasteiger charge is 2.39. The number of piperidine rings is 1. The zero-order chi connectivity index (χ0) is 18.1. The summed E-state index contributed by atoms with van der Waals surface area (Å²) >= 11 is 0. The third kappa shape index (κ3) is 3.91. The number of hydrogen-bond donors (Lipinski definition) is 0. The number of carbonyl (C=O) groups excluding carboxylic acids is 1. The Labute approximate surface area is 149 Å². The van der Waals surface area contributed by atoms with Crippen molar-refractivity contribution >= 4 is 12.2 Å². The van der Waals surface area contributed by atoms with E-state index < -0.39 is 5.60 Å². The van der Waals surface area contributed by atoms with Crippen LogP contribution in [0.5, 0.6) is 11.5 Å². The van der Waals surface area contributed by atoms with E-state index in [1.807, 2.05) is 45.9 Å². The van der Waals surface area contributed by atoms with Crippen LogP contribution in [-0.4, -0.2) is 41.9 Å². The standard InChI is InChI=1S/C20H27NO4/c1-5-23-16-8-6-7-15-9-10-20(24-17(15)16)11-13-21(14-12-20)18(22)25-19(2,3)4/h6-10H,5,11-14H2,1-4H3. The number of nitrogens with zero attached hydrogens (tertiary/aromatic N) is 1. The highest BCUT2D eigenvalue weighted by atomic mass is 16.6. The Morgan fingerprint density at radius 2 is 2.00 bits per heavy atom. The van der Waals surface area contributed by atoms with Crippen molar-refractivity contribution in [1.82, 2.24) is 4.90 Å². The quantitative estimate of drug-likeness (QED) is 0.803. The van der Waals surface area contributed by atoms with Gasteiger partial charge in [-0.2, -0.15) is 0 Å². The molecule has 2 heterocycles. The number of benzene rings is 1. The first kappa shape index (κ1) is 17.6. The van der Waals surface area contributed by atoms with Gasteiger partial charge in [-0.3, -0.25) is 0 Å². The van der Waals surface area contributed by atoms with Crippen LogP contribution in [0.4, 0.5) is 4.79 Å². The Kier molecular flexibility index (Phi) is 4.67. The average molecular weight is 345 g/mol. The summed E-state index contributed by atoms with van der Waals surface area (Å²) in [5.74, 6) is 1.58. The molecule has 0 saturated carbocycles. The third-order valence-electron chi connectivity index (χ3n) is 4.44. The molecule has 0 bridgehead atoms. The van der Waals surface area contributed by atoms with Crippen molar-refractivity contribution in [2.75, 3.05) is 19.7 Å². The summed E-state index contributed by atoms with van der Waals surface area (Å²) in [7, 11) is 0. The second kappa shape index (κ2) is 6.62. The minimum Gasteiger partial charge on any atom is -0.490 e. The summed E-state index contributed by atoms with van der Waals surface area (Å²) in [5, 5.41) is 0. The van der Waals surface area contributed by atoms with E-state index in [0.29, 0.717) is 19.7 Å². The molecule has 25 heavy (non-hydrogen) atoms. The second-order valence-electron chi connectivity index (χ2n) is 7.58. The van der Waals surface area contributed by atoms with Crippen molar-refractivity contribution in [2.24, 2.45) is 0 Å². The number of carbonyl (C=O) groups is 1. The van der Waals surface area contributed by atoms with Crippen LogP contribution in [0.3, 0.4) is 0 Å². The number of amides is 1. The normalized spacial score (nSPS) is 18.5. The van der Waals surface area contributed by atoms with Gasteiger partial charge in [0.1, 0.15) is 11.2 Å². The predicted molar refractivity (Wildman–Crippen MR) is 97.0 cm³/mol. The molecule has 0 atom stereocenters. The van der Waals surface area contributed by atoms with Crippen LogP contribution in [0, 0.1) is 0 Å². The van der Waals surface area contributed by atoms with Crippen LogP contribution >= 0.6 is 0 Å². The fourth-order valence-corrected chi connectivity index (χ4v) is 3.18. The molecule has 2 aliphatic rings. The number of rotatable bonds is 2. The van der Waals surface area contributed by atoms with Gasteiger partial charge in [0.15, 0.2) is 11.5 Å². The zero-order valence-corrected chi connectivity index (χ0v) is 15.5. The van der Waals surface area contributed by atoms with Crippen molar-refractivity contribution in [3.05, 3.63) is 29.8 Å². The van der Waals surface area contributed by atoms with Crippen molar-refractivity contribution in [3.63, 3.8) is 0 Å². The molecule has 1 amide bonds. The minimum absolute atomic E-state index is 0.252. The summed E-state index contributed by atoms with van der Waals surface area (Å²) in [6, 6.07) is 5.93. The molecule has 2 aliphatic heterocycles. The minimum atomic E-state index is -0.473. The molecule has 0 unspecified atom stereocenters. The monoisotopic (exact) mass is 345 g/mol. The molecular formula is C20H27NO4. The van der Waals surface area contributed by atoms with Crippen molar-refractivity contribution in [2.45, 2.75) is 51.7 Å². The Morgan fingerprint density at radius 3 is 2.64 bits per heavy atom. The van der Waals surface area contributed by atoms with Crippen LogP contribution in [-0.2, 0) is 4.74 Å². The van der Waals surface area contributed by atoms with Gasteiger partial charge in [0, 0.05) is 31.5 Å². The van der Waals surface area contributed by atoms with Crippen LogP contribution < -0.4 is 9.47 Å². The molecule has 5 nitrogen and oxygen atoms in total. The predicted octanol–water partition coefficient (Wildman–Crippen LogP) is 4.26. The van der Waals surface area contributed by atoms with E-state index in [0.717, 1.165) is 29.9 Å². The molecule has 1 spiro atoms. The van der Waals surface area contributed by atoms with E-state index in [9.17, 15) is 4.79 Å². The Balaban J connectivity index is 1.70. The lowest BCUT2D eigenvalue weighted by molar-refractivity contribution is -0.00173. The number of hydrogen-bond acceptors (Lipinski definition) is 4. The SMILES string of the molecule is CCOc1cccc2c1OC1(C=C2)CCN(C(=O)OC(C)(C)C)CC1. The molecule has 136 valence electrons. The maximum atomic E-state index is 12.2. The van der Waals surface area contributed by atoms with Gasteiger partial charge in [-0.25, -0.2) is 4.79 Å². The van der Waals surface area contributed by atoms with Crippen molar-refractivity contribution in [1.29, 1.82) is 0 Å². The Hall–Kier alpha value is -2.17. The molecule has 0 radical (unpaired) electrons. The van der Waals surface area contributed by atoms with Gasteiger partial charge in [-0.15, -0.1) is 0 Å². The molecule has 0 N–H and O–H groups in total. The number of fused-ring (bicyclic) bond motifs is 1. The topological polar surface area (TPSA) is 48.0 Å². The molecule has 1 aromatic carbocycles. The highest BCUT2D eigenvalue weighted by Crippen LogP contribution is 2.42. The van der Waals surface area contributed by atoms with Crippen molar-refractivity contribution in [3.8, 4) is 11.5 Å². The number of likely N-dealkylation sites (tertiary alicyclic amines) is 1. The van der Waals surface area contributed by atoms with Crippen molar-refractivity contribution < 1.29 is 19.0 Å². The molecule has 0 aromatic heterocycles. The Bertz CT molecular complexity index is 667. The smallest absolute Gasteiger partial charge is 0.410 e. The average Bonchev–Trinajstić information content (AvgIpc) is 2.55. The molecule has 0 aliphatic carbocycles. The number of ether oxygens (including phenoxy) is 3. The first-order chi connectivity index (χ1) is 11.8. The molecular weight excluding hydrogens is 318 g/mol. The molecule has 1 fully saturated rings. The lowest BCUT2D eigenvalue weighted by Crippen LogP contribution is -2.50. The van der Waals surface area contributed by atoms with E-state index in [4.69, 9.17) is 14.2 Å². The van der Waals surface area contributed by atoms with Gasteiger partial charge in [-0.05, 0) is 39.8 Å². The van der Waals surface area contributed by atoms with E-state index in [1.54, 1.807) is 4.90 Å². The first-order valence-electron chi connectivity index (χ1n) is 8.94. The van der Waals surface area contributed by atoms with E-state index >= 15 is 0 Å². The van der Waals surface area contributed by atoms with Crippen LogP contribution in [0.2, 0.25) is 0 Å². The maximum absolute atomic E-state index is 12.2. The van der Waals surface area contributed by atoms with Crippen LogP contribution in [0.15, 0.2) is 24.3 Å². The van der Waals surface area contributed by atoms with E-state index in [1.165, 1.54) is 0 Å². The second-order valence-corrected chi connectivity index (χ2v) is 7.58. The molecule has 3 rings (SSSR count). The summed E-state index contributed by atoms with van der Waals surface area (Å²) in [6.07, 6.45) is 5.45. The summed E-state index contributed by atoms with van der Waals surface area (Å²) in [4.78, 5) is 14.0. The molecule has 5 heteroatoms. The third-order valence-corrected chi connectivity index (χ3v) is 4.44. The van der Waals surface area contributed by atoms with Gasteiger partial charge < -0.3 is 19.1 Å². The molecule has 1 aromatic rings. The summed E-state index contributed by atoms with van der Waals surface area (Å²) in [6.45, 7) is 9.45. The first-order valence-corrected chi connectivity index (χ1v) is 8.94. The van der Waals surface area contributed by atoms with Crippen LogP contribution in [0.1, 0.15) is 46.1 Å². The van der Waals surface area contributed by atoms with Gasteiger partial charge in [0.05, 0.1) is 6.61 Å². The van der Waals surface area contributed by atoms with Gasteiger partial charge in [-0.1, -0.05) is 18.2 Å².